The number of carbonyl (C=O) groups is 2. The Morgan fingerprint density at radius 2 is 2.03 bits per heavy atom. The summed E-state index contributed by atoms with van der Waals surface area (Å²) >= 11 is 3.48. The molecule has 0 bridgehead atoms. The number of hydrogen-bond donors (Lipinski definition) is 0. The third-order valence-electron chi connectivity index (χ3n) is 6.64. The van der Waals surface area contributed by atoms with Gasteiger partial charge in [0.1, 0.15) is 5.78 Å². The Balaban J connectivity index is 1.36. The highest BCUT2D eigenvalue weighted by molar-refractivity contribution is 9.10. The summed E-state index contributed by atoms with van der Waals surface area (Å²) in [4.78, 5) is 32.1. The van der Waals surface area contributed by atoms with Crippen LogP contribution in [0, 0.1) is 11.8 Å². The fourth-order valence-corrected chi connectivity index (χ4v) is 5.23. The van der Waals surface area contributed by atoms with E-state index in [1.807, 2.05) is 29.2 Å². The van der Waals surface area contributed by atoms with Crippen molar-refractivity contribution in [1.82, 2.24) is 9.88 Å². The third kappa shape index (κ3) is 4.49. The summed E-state index contributed by atoms with van der Waals surface area (Å²) in [6.45, 7) is 3.50. The van der Waals surface area contributed by atoms with Gasteiger partial charge in [0.15, 0.2) is 0 Å². The van der Waals surface area contributed by atoms with Crippen LogP contribution in [0.15, 0.2) is 47.0 Å². The molecule has 1 atom stereocenters. The molecule has 5 heteroatoms. The Kier molecular flexibility index (Phi) is 5.85. The molecule has 164 valence electrons. The van der Waals surface area contributed by atoms with E-state index in [0.29, 0.717) is 31.7 Å². The Labute approximate surface area is 197 Å². The van der Waals surface area contributed by atoms with Crippen molar-refractivity contribution in [3.63, 3.8) is 0 Å². The summed E-state index contributed by atoms with van der Waals surface area (Å²) in [5, 5.41) is 0. The maximum absolute atomic E-state index is 12.9. The predicted octanol–water partition coefficient (Wildman–Crippen LogP) is 5.04. The molecule has 1 aliphatic heterocycles. The number of amides is 1. The van der Waals surface area contributed by atoms with E-state index in [4.69, 9.17) is 4.98 Å². The van der Waals surface area contributed by atoms with Gasteiger partial charge in [0, 0.05) is 47.6 Å². The molecule has 0 saturated heterocycles. The number of benzene rings is 1. The normalized spacial score (nSPS) is 19.6. The lowest BCUT2D eigenvalue weighted by molar-refractivity contribution is -0.130. The zero-order chi connectivity index (χ0) is 22.2. The van der Waals surface area contributed by atoms with Crippen molar-refractivity contribution in [3.8, 4) is 0 Å². The topological polar surface area (TPSA) is 50.3 Å². The number of carbonyl (C=O) groups excluding carboxylic acids is 2. The van der Waals surface area contributed by atoms with Gasteiger partial charge in [0.05, 0.1) is 12.1 Å². The second kappa shape index (κ2) is 8.78. The minimum atomic E-state index is 0.154. The maximum atomic E-state index is 12.9. The summed E-state index contributed by atoms with van der Waals surface area (Å²) in [7, 11) is 0. The average Bonchev–Trinajstić information content (AvgIpc) is 3.51. The summed E-state index contributed by atoms with van der Waals surface area (Å²) in [5.74, 6) is 0.956. The molecule has 1 saturated carbocycles. The molecule has 2 heterocycles. The van der Waals surface area contributed by atoms with Crippen LogP contribution in [0.3, 0.4) is 0 Å². The van der Waals surface area contributed by atoms with E-state index in [1.165, 1.54) is 16.7 Å². The summed E-state index contributed by atoms with van der Waals surface area (Å²) < 4.78 is 0.993. The maximum Gasteiger partial charge on any atom is 0.227 e. The van der Waals surface area contributed by atoms with Gasteiger partial charge in [0.2, 0.25) is 5.91 Å². The van der Waals surface area contributed by atoms with Crippen molar-refractivity contribution in [2.45, 2.75) is 39.0 Å². The number of nitrogens with zero attached hydrogens (tertiary/aromatic N) is 2. The van der Waals surface area contributed by atoms with E-state index in [-0.39, 0.29) is 17.7 Å². The summed E-state index contributed by atoms with van der Waals surface area (Å²) in [6, 6.07) is 10.1. The molecule has 32 heavy (non-hydrogen) atoms. The van der Waals surface area contributed by atoms with Gasteiger partial charge in [-0.15, -0.1) is 0 Å². The molecule has 4 nitrogen and oxygen atoms in total. The van der Waals surface area contributed by atoms with Gasteiger partial charge in [-0.2, -0.15) is 0 Å². The van der Waals surface area contributed by atoms with Crippen molar-refractivity contribution in [2.24, 2.45) is 11.8 Å². The number of ketones is 1. The van der Waals surface area contributed by atoms with Gasteiger partial charge >= 0.3 is 0 Å². The molecule has 0 N–H and O–H groups in total. The van der Waals surface area contributed by atoms with Crippen LogP contribution in [-0.2, 0) is 28.9 Å². The molecular weight excluding hydrogens is 464 g/mol. The highest BCUT2D eigenvalue weighted by atomic mass is 79.9. The lowest BCUT2D eigenvalue weighted by Crippen LogP contribution is -2.39. The van der Waals surface area contributed by atoms with Gasteiger partial charge in [-0.3, -0.25) is 14.6 Å². The Hall–Kier alpha value is -2.53. The number of halogens is 1. The zero-order valence-corrected chi connectivity index (χ0v) is 19.9. The molecule has 1 aromatic heterocycles. The SMILES string of the molecule is CC1CN(C(=O)Cc2cccc(Br)c2)CC=C1c1cc(CC(=O)C2CC2)nc2c1C=CC2. The fourth-order valence-electron chi connectivity index (χ4n) is 4.78. The molecule has 0 radical (unpaired) electrons. The van der Waals surface area contributed by atoms with E-state index < -0.39 is 0 Å². The molecule has 1 aromatic carbocycles. The van der Waals surface area contributed by atoms with Crippen molar-refractivity contribution in [2.75, 3.05) is 13.1 Å². The number of hydrogen-bond acceptors (Lipinski definition) is 3. The largest absolute Gasteiger partial charge is 0.338 e. The van der Waals surface area contributed by atoms with Crippen LogP contribution in [0.4, 0.5) is 0 Å². The van der Waals surface area contributed by atoms with Gasteiger partial charge < -0.3 is 4.90 Å². The first-order chi connectivity index (χ1) is 15.5. The van der Waals surface area contributed by atoms with Crippen LogP contribution in [-0.4, -0.2) is 34.7 Å². The number of aromatic nitrogens is 1. The molecule has 1 fully saturated rings. The number of Topliss-reactive ketones (excluding diaryl/α,β-unsaturated/α-hetero) is 1. The smallest absolute Gasteiger partial charge is 0.227 e. The molecule has 2 aromatic rings. The van der Waals surface area contributed by atoms with Crippen LogP contribution in [0.25, 0.3) is 11.6 Å². The van der Waals surface area contributed by atoms with Gasteiger partial charge in [-0.1, -0.05) is 53.2 Å². The van der Waals surface area contributed by atoms with Crippen molar-refractivity contribution >= 4 is 39.3 Å². The lowest BCUT2D eigenvalue weighted by atomic mass is 9.87. The van der Waals surface area contributed by atoms with Crippen LogP contribution in [0.5, 0.6) is 0 Å². The second-order valence-corrected chi connectivity index (χ2v) is 10.1. The van der Waals surface area contributed by atoms with Crippen molar-refractivity contribution in [1.29, 1.82) is 0 Å². The molecule has 3 aliphatic rings. The highest BCUT2D eigenvalue weighted by Crippen LogP contribution is 2.36. The Bertz CT molecular complexity index is 1150. The average molecular weight is 491 g/mol. The van der Waals surface area contributed by atoms with E-state index in [2.05, 4.69) is 47.1 Å². The molecule has 1 amide bonds. The standard InChI is InChI=1S/C27H27BrN2O2/c1-17-16-30(27(32)13-18-4-2-5-20(28)12-18)11-10-22(17)24-14-21(15-26(31)19-8-9-19)29-25-7-3-6-23(24)25/h2-6,10,12,14,17,19H,7-9,11,13,15-16H2,1H3. The van der Waals surface area contributed by atoms with E-state index in [9.17, 15) is 9.59 Å². The quantitative estimate of drug-likeness (QED) is 0.569. The molecular formula is C27H27BrN2O2. The lowest BCUT2D eigenvalue weighted by Gasteiger charge is -2.32. The Morgan fingerprint density at radius 3 is 2.78 bits per heavy atom. The summed E-state index contributed by atoms with van der Waals surface area (Å²) in [5.41, 5.74) is 6.62. The molecule has 5 rings (SSSR count). The number of pyridine rings is 1. The number of rotatable bonds is 6. The minimum absolute atomic E-state index is 0.154. The van der Waals surface area contributed by atoms with Gasteiger partial charge in [0.25, 0.3) is 0 Å². The molecule has 0 spiro atoms. The Morgan fingerprint density at radius 1 is 1.19 bits per heavy atom. The minimum Gasteiger partial charge on any atom is -0.338 e. The van der Waals surface area contributed by atoms with Crippen LogP contribution in [0.2, 0.25) is 0 Å². The zero-order valence-electron chi connectivity index (χ0n) is 18.3. The summed E-state index contributed by atoms with van der Waals surface area (Å²) in [6.07, 6.45) is 10.2. The highest BCUT2D eigenvalue weighted by Gasteiger charge is 2.31. The van der Waals surface area contributed by atoms with Crippen LogP contribution < -0.4 is 0 Å². The van der Waals surface area contributed by atoms with Crippen LogP contribution >= 0.6 is 15.9 Å². The molecule has 1 unspecified atom stereocenters. The first-order valence-electron chi connectivity index (χ1n) is 11.4. The molecule has 2 aliphatic carbocycles. The van der Waals surface area contributed by atoms with Crippen molar-refractivity contribution in [3.05, 3.63) is 75.0 Å². The van der Waals surface area contributed by atoms with E-state index in [0.717, 1.165) is 40.7 Å². The van der Waals surface area contributed by atoms with E-state index >= 15 is 0 Å². The van der Waals surface area contributed by atoms with E-state index in [1.54, 1.807) is 0 Å². The number of allylic oxidation sites excluding steroid dienone is 1. The predicted molar refractivity (Wildman–Crippen MR) is 130 cm³/mol. The monoisotopic (exact) mass is 490 g/mol. The third-order valence-corrected chi connectivity index (χ3v) is 7.13. The van der Waals surface area contributed by atoms with Gasteiger partial charge in [-0.05, 0) is 53.7 Å². The van der Waals surface area contributed by atoms with Crippen LogP contribution in [0.1, 0.15) is 47.8 Å². The number of fused-ring (bicyclic) bond motifs is 1. The van der Waals surface area contributed by atoms with Crippen molar-refractivity contribution < 1.29 is 9.59 Å². The first-order valence-corrected chi connectivity index (χ1v) is 12.2. The second-order valence-electron chi connectivity index (χ2n) is 9.21. The first kappa shape index (κ1) is 21.3. The fraction of sp³-hybridized carbons (Fsp3) is 0.370. The van der Waals surface area contributed by atoms with Gasteiger partial charge in [-0.25, -0.2) is 0 Å².